The number of benzene rings is 2. The van der Waals surface area contributed by atoms with Crippen LogP contribution in [0.15, 0.2) is 36.4 Å². The van der Waals surface area contributed by atoms with Gasteiger partial charge in [-0.2, -0.15) is 0 Å². The molecule has 2 aromatic rings. The van der Waals surface area contributed by atoms with Crippen molar-refractivity contribution in [1.82, 2.24) is 0 Å². The van der Waals surface area contributed by atoms with Crippen molar-refractivity contribution in [3.05, 3.63) is 58.9 Å². The molecule has 0 aliphatic carbocycles. The molecule has 2 N–H and O–H groups in total. The van der Waals surface area contributed by atoms with Crippen LogP contribution in [0.25, 0.3) is 0 Å². The minimum atomic E-state index is -1.70. The van der Waals surface area contributed by atoms with Crippen LogP contribution in [0.5, 0.6) is 0 Å². The van der Waals surface area contributed by atoms with Gasteiger partial charge in [-0.25, -0.2) is 13.2 Å². The summed E-state index contributed by atoms with van der Waals surface area (Å²) >= 11 is 5.69. The first-order valence-corrected chi connectivity index (χ1v) is 6.73. The molecule has 0 aromatic heterocycles. The van der Waals surface area contributed by atoms with Crippen molar-refractivity contribution in [2.24, 2.45) is 0 Å². The van der Waals surface area contributed by atoms with Crippen LogP contribution < -0.4 is 10.6 Å². The minimum Gasteiger partial charge on any atom is -0.326 e. The lowest BCUT2D eigenvalue weighted by molar-refractivity contribution is -0.123. The summed E-state index contributed by atoms with van der Waals surface area (Å²) in [5, 5.41) is 4.92. The van der Waals surface area contributed by atoms with Gasteiger partial charge in [0.2, 0.25) is 11.8 Å². The van der Waals surface area contributed by atoms with Gasteiger partial charge >= 0.3 is 0 Å². The fourth-order valence-corrected chi connectivity index (χ4v) is 1.83. The minimum absolute atomic E-state index is 0.422. The Balaban J connectivity index is 1.95. The molecule has 0 heterocycles. The monoisotopic (exact) mass is 342 g/mol. The van der Waals surface area contributed by atoms with Crippen LogP contribution >= 0.6 is 11.6 Å². The fraction of sp³-hybridized carbons (Fsp3) is 0.0667. The second-order valence-electron chi connectivity index (χ2n) is 4.50. The number of carbonyl (C=O) groups is 2. The Morgan fingerprint density at radius 3 is 2.13 bits per heavy atom. The second kappa shape index (κ2) is 7.15. The lowest BCUT2D eigenvalue weighted by atomic mass is 10.2. The molecule has 23 heavy (non-hydrogen) atoms. The average Bonchev–Trinajstić information content (AvgIpc) is 2.50. The molecule has 0 saturated carbocycles. The Morgan fingerprint density at radius 1 is 0.870 bits per heavy atom. The van der Waals surface area contributed by atoms with Crippen LogP contribution in [0.4, 0.5) is 24.5 Å². The molecular weight excluding hydrogens is 333 g/mol. The number of halogens is 4. The van der Waals surface area contributed by atoms with Crippen molar-refractivity contribution >= 4 is 34.8 Å². The number of nitrogens with one attached hydrogen (secondary N) is 2. The molecule has 0 bridgehead atoms. The smallest absolute Gasteiger partial charge is 0.233 e. The molecule has 2 rings (SSSR count). The van der Waals surface area contributed by atoms with Crippen LogP contribution in [0.1, 0.15) is 6.42 Å². The summed E-state index contributed by atoms with van der Waals surface area (Å²) in [6, 6.07) is 7.70. The van der Waals surface area contributed by atoms with Crippen molar-refractivity contribution in [2.75, 3.05) is 10.6 Å². The van der Waals surface area contributed by atoms with E-state index in [1.165, 1.54) is 12.1 Å². The Bertz CT molecular complexity index is 751. The zero-order valence-corrected chi connectivity index (χ0v) is 12.3. The number of hydrogen-bond donors (Lipinski definition) is 2. The molecule has 2 amide bonds. The number of rotatable bonds is 4. The summed E-state index contributed by atoms with van der Waals surface area (Å²) < 4.78 is 39.2. The molecular formula is C15H10ClF3N2O2. The van der Waals surface area contributed by atoms with E-state index in [-0.39, 0.29) is 0 Å². The lowest BCUT2D eigenvalue weighted by Gasteiger charge is -2.08. The van der Waals surface area contributed by atoms with E-state index in [9.17, 15) is 22.8 Å². The Kier molecular flexibility index (Phi) is 5.23. The van der Waals surface area contributed by atoms with Gasteiger partial charge < -0.3 is 10.6 Å². The highest BCUT2D eigenvalue weighted by Gasteiger charge is 2.16. The fourth-order valence-electron chi connectivity index (χ4n) is 1.70. The van der Waals surface area contributed by atoms with Crippen LogP contribution in [-0.4, -0.2) is 11.8 Å². The Hall–Kier alpha value is -2.54. The highest BCUT2D eigenvalue weighted by Crippen LogP contribution is 2.20. The molecule has 0 spiro atoms. The number of anilines is 2. The van der Waals surface area contributed by atoms with Crippen molar-refractivity contribution in [1.29, 1.82) is 0 Å². The molecule has 0 saturated heterocycles. The standard InChI is InChI=1S/C15H10ClF3N2O2/c16-8-1-3-9(4-2-8)20-12(22)7-13(23)21-11-6-5-10(17)14(18)15(11)19/h1-6H,7H2,(H,20,22)(H,21,23). The summed E-state index contributed by atoms with van der Waals surface area (Å²) in [5.74, 6) is -6.14. The van der Waals surface area contributed by atoms with Gasteiger partial charge in [-0.1, -0.05) is 11.6 Å². The first kappa shape index (κ1) is 16.8. The third-order valence-corrected chi connectivity index (χ3v) is 3.01. The first-order valence-electron chi connectivity index (χ1n) is 6.35. The van der Waals surface area contributed by atoms with Crippen LogP contribution in [0, 0.1) is 17.5 Å². The first-order chi connectivity index (χ1) is 10.9. The van der Waals surface area contributed by atoms with Gasteiger partial charge in [0.25, 0.3) is 0 Å². The third-order valence-electron chi connectivity index (χ3n) is 2.76. The van der Waals surface area contributed by atoms with Crippen molar-refractivity contribution in [2.45, 2.75) is 6.42 Å². The van der Waals surface area contributed by atoms with E-state index >= 15 is 0 Å². The van der Waals surface area contributed by atoms with E-state index in [4.69, 9.17) is 11.6 Å². The maximum atomic E-state index is 13.4. The number of amides is 2. The normalized spacial score (nSPS) is 10.3. The molecule has 0 unspecified atom stereocenters. The van der Waals surface area contributed by atoms with Gasteiger partial charge in [-0.3, -0.25) is 9.59 Å². The lowest BCUT2D eigenvalue weighted by Crippen LogP contribution is -2.22. The Morgan fingerprint density at radius 2 is 1.48 bits per heavy atom. The zero-order valence-electron chi connectivity index (χ0n) is 11.5. The number of hydrogen-bond acceptors (Lipinski definition) is 2. The SMILES string of the molecule is O=C(CC(=O)Nc1ccc(F)c(F)c1F)Nc1ccc(Cl)cc1. The molecule has 0 aliphatic heterocycles. The molecule has 8 heteroatoms. The van der Waals surface area contributed by atoms with Crippen molar-refractivity contribution in [3.8, 4) is 0 Å². The summed E-state index contributed by atoms with van der Waals surface area (Å²) in [6.45, 7) is 0. The van der Waals surface area contributed by atoms with Crippen molar-refractivity contribution < 1.29 is 22.8 Å². The van der Waals surface area contributed by atoms with Crippen LogP contribution in [-0.2, 0) is 9.59 Å². The van der Waals surface area contributed by atoms with Crippen LogP contribution in [0.3, 0.4) is 0 Å². The third kappa shape index (κ3) is 4.46. The molecule has 0 atom stereocenters. The summed E-state index contributed by atoms with van der Waals surface area (Å²) in [4.78, 5) is 23.3. The van der Waals surface area contributed by atoms with Gasteiger partial charge in [-0.05, 0) is 36.4 Å². The van der Waals surface area contributed by atoms with E-state index in [1.54, 1.807) is 12.1 Å². The highest BCUT2D eigenvalue weighted by atomic mass is 35.5. The molecule has 0 fully saturated rings. The topological polar surface area (TPSA) is 58.2 Å². The molecule has 0 aliphatic rings. The number of carbonyl (C=O) groups excluding carboxylic acids is 2. The van der Waals surface area contributed by atoms with E-state index in [1.807, 2.05) is 5.32 Å². The van der Waals surface area contributed by atoms with Crippen LogP contribution in [0.2, 0.25) is 5.02 Å². The van der Waals surface area contributed by atoms with Gasteiger partial charge in [0.1, 0.15) is 6.42 Å². The Labute approximate surface area is 134 Å². The van der Waals surface area contributed by atoms with E-state index < -0.39 is 41.4 Å². The van der Waals surface area contributed by atoms with Gasteiger partial charge in [-0.15, -0.1) is 0 Å². The molecule has 2 aromatic carbocycles. The van der Waals surface area contributed by atoms with Crippen molar-refractivity contribution in [3.63, 3.8) is 0 Å². The second-order valence-corrected chi connectivity index (χ2v) is 4.94. The highest BCUT2D eigenvalue weighted by molar-refractivity contribution is 6.30. The average molecular weight is 343 g/mol. The molecule has 0 radical (unpaired) electrons. The molecule has 120 valence electrons. The maximum Gasteiger partial charge on any atom is 0.233 e. The maximum absolute atomic E-state index is 13.4. The van der Waals surface area contributed by atoms with Gasteiger partial charge in [0.05, 0.1) is 5.69 Å². The van der Waals surface area contributed by atoms with E-state index in [0.717, 1.165) is 6.07 Å². The summed E-state index contributed by atoms with van der Waals surface area (Å²) in [7, 11) is 0. The quantitative estimate of drug-likeness (QED) is 0.657. The van der Waals surface area contributed by atoms with Gasteiger partial charge in [0.15, 0.2) is 17.5 Å². The zero-order chi connectivity index (χ0) is 17.0. The summed E-state index contributed by atoms with van der Waals surface area (Å²) in [5.41, 5.74) is -0.126. The summed E-state index contributed by atoms with van der Waals surface area (Å²) in [6.07, 6.45) is -0.624. The van der Waals surface area contributed by atoms with E-state index in [0.29, 0.717) is 16.8 Å². The predicted octanol–water partition coefficient (Wildman–Crippen LogP) is 3.72. The van der Waals surface area contributed by atoms with Gasteiger partial charge in [0, 0.05) is 10.7 Å². The predicted molar refractivity (Wildman–Crippen MR) is 79.6 cm³/mol. The molecule has 4 nitrogen and oxygen atoms in total. The van der Waals surface area contributed by atoms with E-state index in [2.05, 4.69) is 5.32 Å². The largest absolute Gasteiger partial charge is 0.326 e.